The Morgan fingerprint density at radius 2 is 1.87 bits per heavy atom. The minimum absolute atomic E-state index is 0.270. The van der Waals surface area contributed by atoms with E-state index in [1.165, 1.54) is 12.1 Å². The van der Waals surface area contributed by atoms with Crippen LogP contribution >= 0.6 is 0 Å². The van der Waals surface area contributed by atoms with Crippen LogP contribution < -0.4 is 0 Å². The van der Waals surface area contributed by atoms with Crippen LogP contribution in [0.3, 0.4) is 0 Å². The highest BCUT2D eigenvalue weighted by Gasteiger charge is 2.32. The van der Waals surface area contributed by atoms with Crippen LogP contribution in [0.5, 0.6) is 0 Å². The molecule has 0 bridgehead atoms. The SMILES string of the molecule is CCC=C(C)c1ccccc1C(F)(F)F. The molecular weight excluding hydrogens is 201 g/mol. The van der Waals surface area contributed by atoms with Crippen molar-refractivity contribution in [3.63, 3.8) is 0 Å². The molecule has 1 aromatic carbocycles. The summed E-state index contributed by atoms with van der Waals surface area (Å²) >= 11 is 0. The molecule has 0 aliphatic carbocycles. The molecule has 0 heterocycles. The molecule has 0 spiro atoms. The van der Waals surface area contributed by atoms with E-state index in [2.05, 4.69) is 0 Å². The van der Waals surface area contributed by atoms with Gasteiger partial charge in [-0.1, -0.05) is 31.2 Å². The average molecular weight is 214 g/mol. The van der Waals surface area contributed by atoms with Crippen molar-refractivity contribution in [3.8, 4) is 0 Å². The van der Waals surface area contributed by atoms with Crippen molar-refractivity contribution >= 4 is 5.57 Å². The predicted octanol–water partition coefficient (Wildman–Crippen LogP) is 4.52. The third-order valence-electron chi connectivity index (χ3n) is 2.17. The number of alkyl halides is 3. The lowest BCUT2D eigenvalue weighted by atomic mass is 10.00. The zero-order valence-corrected chi connectivity index (χ0v) is 8.73. The molecule has 0 saturated carbocycles. The average Bonchev–Trinajstić information content (AvgIpc) is 2.17. The lowest BCUT2D eigenvalue weighted by molar-refractivity contribution is -0.137. The number of hydrogen-bond donors (Lipinski definition) is 0. The number of rotatable bonds is 2. The summed E-state index contributed by atoms with van der Waals surface area (Å²) in [4.78, 5) is 0. The Bertz CT molecular complexity index is 361. The molecule has 0 amide bonds. The first-order chi connectivity index (χ1) is 6.96. The first kappa shape index (κ1) is 11.8. The van der Waals surface area contributed by atoms with Gasteiger partial charge in [0, 0.05) is 0 Å². The molecule has 0 unspecified atom stereocenters. The van der Waals surface area contributed by atoms with E-state index in [9.17, 15) is 13.2 Å². The van der Waals surface area contributed by atoms with Gasteiger partial charge in [-0.15, -0.1) is 0 Å². The second kappa shape index (κ2) is 4.51. The minimum Gasteiger partial charge on any atom is -0.166 e. The monoisotopic (exact) mass is 214 g/mol. The summed E-state index contributed by atoms with van der Waals surface area (Å²) in [5, 5.41) is 0. The molecule has 1 rings (SSSR count). The summed E-state index contributed by atoms with van der Waals surface area (Å²) in [6, 6.07) is 5.65. The Hall–Kier alpha value is -1.25. The van der Waals surface area contributed by atoms with Crippen LogP contribution in [0.4, 0.5) is 13.2 Å². The van der Waals surface area contributed by atoms with Gasteiger partial charge in [0.15, 0.2) is 0 Å². The van der Waals surface area contributed by atoms with Gasteiger partial charge in [-0.05, 0) is 30.5 Å². The number of hydrogen-bond acceptors (Lipinski definition) is 0. The molecule has 0 radical (unpaired) electrons. The molecule has 0 fully saturated rings. The van der Waals surface area contributed by atoms with Crippen molar-refractivity contribution in [1.82, 2.24) is 0 Å². The Labute approximate surface area is 87.4 Å². The molecule has 0 aliphatic rings. The highest BCUT2D eigenvalue weighted by molar-refractivity contribution is 5.67. The van der Waals surface area contributed by atoms with Crippen LogP contribution in [0.25, 0.3) is 5.57 Å². The molecule has 15 heavy (non-hydrogen) atoms. The normalized spacial score (nSPS) is 13.0. The number of halogens is 3. The van der Waals surface area contributed by atoms with Gasteiger partial charge in [0.2, 0.25) is 0 Å². The summed E-state index contributed by atoms with van der Waals surface area (Å²) < 4.78 is 37.9. The predicted molar refractivity (Wildman–Crippen MR) is 55.4 cm³/mol. The molecule has 0 aromatic heterocycles. The van der Waals surface area contributed by atoms with Crippen molar-refractivity contribution in [2.24, 2.45) is 0 Å². The van der Waals surface area contributed by atoms with Crippen LogP contribution in [0.1, 0.15) is 31.4 Å². The van der Waals surface area contributed by atoms with Crippen molar-refractivity contribution in [2.45, 2.75) is 26.4 Å². The third kappa shape index (κ3) is 2.85. The van der Waals surface area contributed by atoms with Gasteiger partial charge in [0.1, 0.15) is 0 Å². The molecular formula is C12H13F3. The first-order valence-corrected chi connectivity index (χ1v) is 4.80. The molecule has 1 aromatic rings. The summed E-state index contributed by atoms with van der Waals surface area (Å²) in [7, 11) is 0. The zero-order valence-electron chi connectivity index (χ0n) is 8.73. The highest BCUT2D eigenvalue weighted by atomic mass is 19.4. The fourth-order valence-corrected chi connectivity index (χ4v) is 1.49. The summed E-state index contributed by atoms with van der Waals surface area (Å²) in [6.45, 7) is 3.60. The van der Waals surface area contributed by atoms with E-state index >= 15 is 0 Å². The van der Waals surface area contributed by atoms with E-state index in [-0.39, 0.29) is 5.56 Å². The summed E-state index contributed by atoms with van der Waals surface area (Å²) in [5.74, 6) is 0. The van der Waals surface area contributed by atoms with E-state index in [0.717, 1.165) is 12.5 Å². The summed E-state index contributed by atoms with van der Waals surface area (Å²) in [6.07, 6.45) is -1.75. The molecule has 0 N–H and O–H groups in total. The Balaban J connectivity index is 3.24. The van der Waals surface area contributed by atoms with Gasteiger partial charge in [-0.2, -0.15) is 13.2 Å². The second-order valence-corrected chi connectivity index (χ2v) is 3.34. The Morgan fingerprint density at radius 3 is 2.40 bits per heavy atom. The van der Waals surface area contributed by atoms with Crippen LogP contribution in [0.2, 0.25) is 0 Å². The fourth-order valence-electron chi connectivity index (χ4n) is 1.49. The minimum atomic E-state index is -4.28. The Morgan fingerprint density at radius 1 is 1.27 bits per heavy atom. The van der Waals surface area contributed by atoms with Crippen molar-refractivity contribution in [1.29, 1.82) is 0 Å². The van der Waals surface area contributed by atoms with E-state index in [1.807, 2.05) is 6.92 Å². The van der Waals surface area contributed by atoms with Crippen LogP contribution in [0.15, 0.2) is 30.3 Å². The lowest BCUT2D eigenvalue weighted by Crippen LogP contribution is -2.08. The molecule has 0 atom stereocenters. The fraction of sp³-hybridized carbons (Fsp3) is 0.333. The van der Waals surface area contributed by atoms with E-state index in [1.54, 1.807) is 19.1 Å². The van der Waals surface area contributed by atoms with E-state index in [4.69, 9.17) is 0 Å². The van der Waals surface area contributed by atoms with Crippen LogP contribution in [-0.4, -0.2) is 0 Å². The highest BCUT2D eigenvalue weighted by Crippen LogP contribution is 2.34. The lowest BCUT2D eigenvalue weighted by Gasteiger charge is -2.12. The molecule has 0 aliphatic heterocycles. The third-order valence-corrected chi connectivity index (χ3v) is 2.17. The molecule has 0 saturated heterocycles. The molecule has 0 nitrogen and oxygen atoms in total. The first-order valence-electron chi connectivity index (χ1n) is 4.80. The maximum absolute atomic E-state index is 12.6. The summed E-state index contributed by atoms with van der Waals surface area (Å²) in [5.41, 5.74) is 0.379. The molecule has 3 heteroatoms. The standard InChI is InChI=1S/C12H13F3/c1-3-6-9(2)10-7-4-5-8-11(10)12(13,14)15/h4-8H,3H2,1-2H3. The maximum atomic E-state index is 12.6. The quantitative estimate of drug-likeness (QED) is 0.679. The van der Waals surface area contributed by atoms with E-state index < -0.39 is 11.7 Å². The van der Waals surface area contributed by atoms with E-state index in [0.29, 0.717) is 5.57 Å². The van der Waals surface area contributed by atoms with Gasteiger partial charge < -0.3 is 0 Å². The van der Waals surface area contributed by atoms with Gasteiger partial charge in [0.25, 0.3) is 0 Å². The topological polar surface area (TPSA) is 0 Å². The van der Waals surface area contributed by atoms with Gasteiger partial charge in [-0.3, -0.25) is 0 Å². The number of allylic oxidation sites excluding steroid dienone is 2. The second-order valence-electron chi connectivity index (χ2n) is 3.34. The molecule has 82 valence electrons. The zero-order chi connectivity index (χ0) is 11.5. The van der Waals surface area contributed by atoms with Crippen LogP contribution in [-0.2, 0) is 6.18 Å². The largest absolute Gasteiger partial charge is 0.416 e. The smallest absolute Gasteiger partial charge is 0.166 e. The maximum Gasteiger partial charge on any atom is 0.416 e. The van der Waals surface area contributed by atoms with Crippen LogP contribution in [0, 0.1) is 0 Å². The van der Waals surface area contributed by atoms with Gasteiger partial charge in [0.05, 0.1) is 5.56 Å². The van der Waals surface area contributed by atoms with Gasteiger partial charge >= 0.3 is 6.18 Å². The van der Waals surface area contributed by atoms with Crippen molar-refractivity contribution in [3.05, 3.63) is 41.5 Å². The van der Waals surface area contributed by atoms with Gasteiger partial charge in [-0.25, -0.2) is 0 Å². The van der Waals surface area contributed by atoms with Crippen molar-refractivity contribution in [2.75, 3.05) is 0 Å². The Kier molecular flexibility index (Phi) is 3.56. The van der Waals surface area contributed by atoms with Crippen molar-refractivity contribution < 1.29 is 13.2 Å². The number of benzene rings is 1.